The standard InChI is InChI=1S/C17H19ClN4O3S/c18-13-3-1-2-12(8-13)4-6-19-16-9-15(20-11-21-16)17(23)22-14-5-7-26(24,25)10-14/h1-3,8-9,11,14H,4-7,10H2,(H,22,23)(H,19,20,21). The van der Waals surface area contributed by atoms with Gasteiger partial charge in [-0.3, -0.25) is 4.79 Å². The smallest absolute Gasteiger partial charge is 0.270 e. The molecule has 1 aliphatic rings. The fourth-order valence-corrected chi connectivity index (χ4v) is 4.66. The molecule has 7 nitrogen and oxygen atoms in total. The number of hydrogen-bond acceptors (Lipinski definition) is 6. The molecule has 138 valence electrons. The van der Waals surface area contributed by atoms with Gasteiger partial charge in [-0.2, -0.15) is 0 Å². The molecule has 1 amide bonds. The van der Waals surface area contributed by atoms with Crippen molar-refractivity contribution in [3.8, 4) is 0 Å². The highest BCUT2D eigenvalue weighted by molar-refractivity contribution is 7.91. The van der Waals surface area contributed by atoms with E-state index in [1.165, 1.54) is 6.33 Å². The summed E-state index contributed by atoms with van der Waals surface area (Å²) in [5.74, 6) is 0.227. The predicted octanol–water partition coefficient (Wildman–Crippen LogP) is 1.70. The molecule has 1 aromatic heterocycles. The van der Waals surface area contributed by atoms with Gasteiger partial charge in [-0.15, -0.1) is 0 Å². The third-order valence-corrected chi connectivity index (χ3v) is 6.08. The highest BCUT2D eigenvalue weighted by Crippen LogP contribution is 2.13. The number of anilines is 1. The lowest BCUT2D eigenvalue weighted by molar-refractivity contribution is 0.0936. The summed E-state index contributed by atoms with van der Waals surface area (Å²) in [6.45, 7) is 0.624. The zero-order chi connectivity index (χ0) is 18.6. The van der Waals surface area contributed by atoms with Crippen LogP contribution < -0.4 is 10.6 Å². The van der Waals surface area contributed by atoms with E-state index >= 15 is 0 Å². The normalized spacial score (nSPS) is 18.4. The van der Waals surface area contributed by atoms with E-state index in [2.05, 4.69) is 20.6 Å². The molecule has 1 aromatic carbocycles. The summed E-state index contributed by atoms with van der Waals surface area (Å²) in [5, 5.41) is 6.55. The van der Waals surface area contributed by atoms with Crippen LogP contribution in [-0.4, -0.2) is 48.4 Å². The Hall–Kier alpha value is -2.19. The molecule has 2 aromatic rings. The number of carbonyl (C=O) groups excluding carboxylic acids is 1. The summed E-state index contributed by atoms with van der Waals surface area (Å²) in [5.41, 5.74) is 1.30. The molecular formula is C17H19ClN4O3S. The molecule has 1 fully saturated rings. The van der Waals surface area contributed by atoms with Crippen molar-refractivity contribution in [3.63, 3.8) is 0 Å². The van der Waals surface area contributed by atoms with Crippen LogP contribution in [0.3, 0.4) is 0 Å². The lowest BCUT2D eigenvalue weighted by Crippen LogP contribution is -2.36. The maximum absolute atomic E-state index is 12.3. The van der Waals surface area contributed by atoms with Crippen molar-refractivity contribution in [3.05, 3.63) is 52.9 Å². The Morgan fingerprint density at radius 2 is 2.12 bits per heavy atom. The molecule has 1 atom stereocenters. The molecule has 0 saturated carbocycles. The minimum absolute atomic E-state index is 0.0193. The van der Waals surface area contributed by atoms with Crippen molar-refractivity contribution in [1.82, 2.24) is 15.3 Å². The number of aromatic nitrogens is 2. The number of hydrogen-bond donors (Lipinski definition) is 2. The van der Waals surface area contributed by atoms with Crippen LogP contribution in [0.4, 0.5) is 5.82 Å². The third kappa shape index (κ3) is 5.15. The van der Waals surface area contributed by atoms with Crippen LogP contribution in [0.25, 0.3) is 0 Å². The lowest BCUT2D eigenvalue weighted by atomic mass is 10.1. The van der Waals surface area contributed by atoms with E-state index in [1.54, 1.807) is 6.07 Å². The number of nitrogens with zero attached hydrogens (tertiary/aromatic N) is 2. The van der Waals surface area contributed by atoms with Gasteiger partial charge in [0.25, 0.3) is 5.91 Å². The fourth-order valence-electron chi connectivity index (χ4n) is 2.77. The molecule has 0 radical (unpaired) electrons. The van der Waals surface area contributed by atoms with Gasteiger partial charge in [-0.05, 0) is 30.5 Å². The van der Waals surface area contributed by atoms with Crippen LogP contribution >= 0.6 is 11.6 Å². The maximum atomic E-state index is 12.3. The van der Waals surface area contributed by atoms with Crippen molar-refractivity contribution >= 4 is 33.2 Å². The fraction of sp³-hybridized carbons (Fsp3) is 0.353. The maximum Gasteiger partial charge on any atom is 0.270 e. The van der Waals surface area contributed by atoms with Crippen LogP contribution in [-0.2, 0) is 16.3 Å². The third-order valence-electron chi connectivity index (χ3n) is 4.08. The van der Waals surface area contributed by atoms with E-state index in [-0.39, 0.29) is 23.2 Å². The second-order valence-electron chi connectivity index (χ2n) is 6.17. The summed E-state index contributed by atoms with van der Waals surface area (Å²) < 4.78 is 22.9. The average Bonchev–Trinajstić information content (AvgIpc) is 2.94. The van der Waals surface area contributed by atoms with Gasteiger partial charge in [0.1, 0.15) is 17.8 Å². The first kappa shape index (κ1) is 18.6. The van der Waals surface area contributed by atoms with Crippen molar-refractivity contribution in [2.75, 3.05) is 23.4 Å². The van der Waals surface area contributed by atoms with E-state index in [9.17, 15) is 13.2 Å². The topological polar surface area (TPSA) is 101 Å². The first-order valence-corrected chi connectivity index (χ1v) is 10.4. The number of halogens is 1. The van der Waals surface area contributed by atoms with E-state index in [0.29, 0.717) is 23.8 Å². The number of carbonyl (C=O) groups is 1. The molecule has 0 aliphatic carbocycles. The summed E-state index contributed by atoms with van der Waals surface area (Å²) in [4.78, 5) is 20.3. The molecular weight excluding hydrogens is 376 g/mol. The monoisotopic (exact) mass is 394 g/mol. The van der Waals surface area contributed by atoms with Gasteiger partial charge in [-0.1, -0.05) is 23.7 Å². The van der Waals surface area contributed by atoms with Crippen molar-refractivity contribution in [1.29, 1.82) is 0 Å². The molecule has 2 N–H and O–H groups in total. The van der Waals surface area contributed by atoms with Gasteiger partial charge in [0.05, 0.1) is 11.5 Å². The zero-order valence-corrected chi connectivity index (χ0v) is 15.6. The first-order valence-electron chi connectivity index (χ1n) is 8.23. The van der Waals surface area contributed by atoms with E-state index in [1.807, 2.05) is 24.3 Å². The van der Waals surface area contributed by atoms with Gasteiger partial charge < -0.3 is 10.6 Å². The Balaban J connectivity index is 1.55. The van der Waals surface area contributed by atoms with E-state index in [4.69, 9.17) is 11.6 Å². The van der Waals surface area contributed by atoms with E-state index < -0.39 is 15.7 Å². The van der Waals surface area contributed by atoms with Gasteiger partial charge >= 0.3 is 0 Å². The molecule has 2 heterocycles. The quantitative estimate of drug-likeness (QED) is 0.773. The summed E-state index contributed by atoms with van der Waals surface area (Å²) >= 11 is 5.96. The van der Waals surface area contributed by atoms with Gasteiger partial charge in [0, 0.05) is 23.7 Å². The number of amides is 1. The summed E-state index contributed by atoms with van der Waals surface area (Å²) in [6, 6.07) is 8.80. The van der Waals surface area contributed by atoms with E-state index in [0.717, 1.165) is 12.0 Å². The molecule has 1 unspecified atom stereocenters. The highest BCUT2D eigenvalue weighted by Gasteiger charge is 2.29. The number of nitrogens with one attached hydrogen (secondary N) is 2. The Kier molecular flexibility index (Phi) is 5.73. The van der Waals surface area contributed by atoms with Gasteiger partial charge in [-0.25, -0.2) is 18.4 Å². The predicted molar refractivity (Wildman–Crippen MR) is 100 cm³/mol. The zero-order valence-electron chi connectivity index (χ0n) is 14.0. The average molecular weight is 395 g/mol. The van der Waals surface area contributed by atoms with Crippen molar-refractivity contribution in [2.24, 2.45) is 0 Å². The second kappa shape index (κ2) is 8.01. The summed E-state index contributed by atoms with van der Waals surface area (Å²) in [6.07, 6.45) is 2.50. The Labute approximate surface area is 157 Å². The number of benzene rings is 1. The van der Waals surface area contributed by atoms with Crippen LogP contribution in [0.2, 0.25) is 5.02 Å². The van der Waals surface area contributed by atoms with Crippen LogP contribution in [0.5, 0.6) is 0 Å². The minimum Gasteiger partial charge on any atom is -0.370 e. The first-order chi connectivity index (χ1) is 12.4. The number of rotatable bonds is 6. The summed E-state index contributed by atoms with van der Waals surface area (Å²) in [7, 11) is -3.04. The largest absolute Gasteiger partial charge is 0.370 e. The molecule has 3 rings (SSSR count). The molecule has 1 aliphatic heterocycles. The van der Waals surface area contributed by atoms with Crippen LogP contribution in [0.1, 0.15) is 22.5 Å². The molecule has 26 heavy (non-hydrogen) atoms. The molecule has 1 saturated heterocycles. The van der Waals surface area contributed by atoms with Gasteiger partial charge in [0.2, 0.25) is 0 Å². The Bertz CT molecular complexity index is 904. The lowest BCUT2D eigenvalue weighted by Gasteiger charge is -2.11. The SMILES string of the molecule is O=C(NC1CCS(=O)(=O)C1)c1cc(NCCc2cccc(Cl)c2)ncn1. The van der Waals surface area contributed by atoms with Gasteiger partial charge in [0.15, 0.2) is 9.84 Å². The second-order valence-corrected chi connectivity index (χ2v) is 8.83. The molecule has 0 bridgehead atoms. The highest BCUT2D eigenvalue weighted by atomic mass is 35.5. The van der Waals surface area contributed by atoms with Crippen molar-refractivity contribution in [2.45, 2.75) is 18.9 Å². The molecule has 0 spiro atoms. The van der Waals surface area contributed by atoms with Crippen LogP contribution in [0, 0.1) is 0 Å². The van der Waals surface area contributed by atoms with Crippen LogP contribution in [0.15, 0.2) is 36.7 Å². The minimum atomic E-state index is -3.04. The van der Waals surface area contributed by atoms with Crippen molar-refractivity contribution < 1.29 is 13.2 Å². The Morgan fingerprint density at radius 1 is 1.27 bits per heavy atom. The number of sulfone groups is 1. The Morgan fingerprint density at radius 3 is 2.85 bits per heavy atom. The molecule has 9 heteroatoms.